The molecule has 4 amide bonds. The molecule has 1 aromatic heterocycles. The average Bonchev–Trinajstić information content (AvgIpc) is 3.37. The van der Waals surface area contributed by atoms with Crippen LogP contribution in [0.5, 0.6) is 11.5 Å². The number of para-hydroxylation sites is 1. The third kappa shape index (κ3) is 8.70. The fraction of sp³-hybridized carbons (Fsp3) is 0.296. The number of amides is 4. The highest BCUT2D eigenvalue weighted by atomic mass is 32.1. The number of nitrogens with one attached hydrogen (secondary N) is 4. The van der Waals surface area contributed by atoms with Gasteiger partial charge in [0.15, 0.2) is 16.6 Å². The number of nitrogens with zero attached hydrogens (tertiary/aromatic N) is 1. The number of urea groups is 1. The van der Waals surface area contributed by atoms with E-state index in [-0.39, 0.29) is 6.42 Å². The molecule has 0 fully saturated rings. The average molecular weight is 570 g/mol. The number of aromatic nitrogens is 1. The van der Waals surface area contributed by atoms with Crippen LogP contribution in [-0.4, -0.2) is 54.2 Å². The van der Waals surface area contributed by atoms with Crippen LogP contribution in [0.4, 0.5) is 9.93 Å². The highest BCUT2D eigenvalue weighted by molar-refractivity contribution is 7.13. The largest absolute Gasteiger partial charge is 0.493 e. The number of carboxylic acid groups (broad SMARTS) is 1. The molecule has 0 aliphatic carbocycles. The van der Waals surface area contributed by atoms with Crippen molar-refractivity contribution in [3.63, 3.8) is 0 Å². The van der Waals surface area contributed by atoms with E-state index in [1.54, 1.807) is 23.6 Å². The molecular weight excluding hydrogens is 538 g/mol. The number of ether oxygens (including phenoxy) is 2. The Bertz CT molecular complexity index is 1330. The van der Waals surface area contributed by atoms with Crippen molar-refractivity contribution in [3.8, 4) is 11.5 Å². The van der Waals surface area contributed by atoms with E-state index in [9.17, 15) is 24.3 Å². The van der Waals surface area contributed by atoms with Crippen molar-refractivity contribution in [2.45, 2.75) is 38.4 Å². The number of aliphatic carboxylic acids is 1. The van der Waals surface area contributed by atoms with E-state index in [4.69, 9.17) is 9.47 Å². The molecule has 0 saturated heterocycles. The zero-order chi connectivity index (χ0) is 29.1. The molecule has 0 radical (unpaired) electrons. The minimum atomic E-state index is -1.13. The normalized spacial score (nSPS) is 12.0. The Kier molecular flexibility index (Phi) is 10.8. The third-order valence-electron chi connectivity index (χ3n) is 5.68. The Balaban J connectivity index is 1.54. The number of carboxylic acids is 1. The second-order valence-corrected chi connectivity index (χ2v) is 9.50. The monoisotopic (exact) mass is 569 g/mol. The summed E-state index contributed by atoms with van der Waals surface area (Å²) in [6.45, 7) is 1.84. The molecule has 13 heteroatoms. The van der Waals surface area contributed by atoms with Crippen LogP contribution in [-0.2, 0) is 27.3 Å². The quantitative estimate of drug-likeness (QED) is 0.209. The first-order chi connectivity index (χ1) is 19.2. The van der Waals surface area contributed by atoms with E-state index in [1.165, 1.54) is 21.1 Å². The summed E-state index contributed by atoms with van der Waals surface area (Å²) in [7, 11) is 2.87. The number of carbonyl (C=O) groups is 4. The first kappa shape index (κ1) is 29.9. The number of benzene rings is 2. The van der Waals surface area contributed by atoms with E-state index < -0.39 is 42.3 Å². The molecular formula is C27H31N5O7S. The fourth-order valence-electron chi connectivity index (χ4n) is 3.78. The number of hydrogen-bond acceptors (Lipinski definition) is 8. The van der Waals surface area contributed by atoms with Gasteiger partial charge in [-0.3, -0.25) is 19.7 Å². The Morgan fingerprint density at radius 1 is 1.00 bits per heavy atom. The van der Waals surface area contributed by atoms with Gasteiger partial charge in [0, 0.05) is 17.5 Å². The minimum absolute atomic E-state index is 0.121. The SMILES string of the molecule is COc1cccc(C(CC(=O)O)NC(=O)[C@H](C)NC(=O)Cc2csc(NC(=O)NCc3ccccc3)n2)c1OC. The van der Waals surface area contributed by atoms with Crippen molar-refractivity contribution < 1.29 is 33.8 Å². The van der Waals surface area contributed by atoms with Crippen LogP contribution in [0.3, 0.4) is 0 Å². The van der Waals surface area contributed by atoms with Gasteiger partial charge in [-0.2, -0.15) is 0 Å². The van der Waals surface area contributed by atoms with Crippen LogP contribution >= 0.6 is 11.3 Å². The van der Waals surface area contributed by atoms with Gasteiger partial charge in [0.1, 0.15) is 6.04 Å². The van der Waals surface area contributed by atoms with E-state index >= 15 is 0 Å². The lowest BCUT2D eigenvalue weighted by atomic mass is 10.0. The summed E-state index contributed by atoms with van der Waals surface area (Å²) in [4.78, 5) is 53.4. The number of hydrogen-bond donors (Lipinski definition) is 5. The highest BCUT2D eigenvalue weighted by Gasteiger charge is 2.26. The highest BCUT2D eigenvalue weighted by Crippen LogP contribution is 2.35. The fourth-order valence-corrected chi connectivity index (χ4v) is 4.49. The maximum absolute atomic E-state index is 12.9. The Hall–Kier alpha value is -4.65. The van der Waals surface area contributed by atoms with Crippen molar-refractivity contribution >= 4 is 40.3 Å². The van der Waals surface area contributed by atoms with Gasteiger partial charge >= 0.3 is 12.0 Å². The van der Waals surface area contributed by atoms with Gasteiger partial charge in [0.25, 0.3) is 0 Å². The lowest BCUT2D eigenvalue weighted by Crippen LogP contribution is -2.46. The van der Waals surface area contributed by atoms with Crippen LogP contribution in [0.15, 0.2) is 53.9 Å². The molecule has 2 aromatic carbocycles. The van der Waals surface area contributed by atoms with Crippen LogP contribution in [0, 0.1) is 0 Å². The summed E-state index contributed by atoms with van der Waals surface area (Å²) in [6, 6.07) is 12.0. The second kappa shape index (κ2) is 14.5. The van der Waals surface area contributed by atoms with E-state index in [1.807, 2.05) is 30.3 Å². The molecule has 40 heavy (non-hydrogen) atoms. The molecule has 5 N–H and O–H groups in total. The standard InChI is InChI=1S/C27H31N5O7S/c1-16(25(36)31-20(13-23(34)35)19-10-7-11-21(38-2)24(19)39-3)29-22(33)12-18-15-40-27(30-18)32-26(37)28-14-17-8-5-4-6-9-17/h4-11,15-16,20H,12-14H2,1-3H3,(H,29,33)(H,31,36)(H,34,35)(H2,28,30,32,37)/t16-,20?/m0/s1. The summed E-state index contributed by atoms with van der Waals surface area (Å²) in [6.07, 6.45) is -0.535. The summed E-state index contributed by atoms with van der Waals surface area (Å²) in [5.41, 5.74) is 1.79. The number of carbonyl (C=O) groups excluding carboxylic acids is 3. The minimum Gasteiger partial charge on any atom is -0.493 e. The molecule has 3 aromatic rings. The van der Waals surface area contributed by atoms with Crippen LogP contribution < -0.4 is 30.7 Å². The molecule has 212 valence electrons. The molecule has 0 aliphatic rings. The van der Waals surface area contributed by atoms with Gasteiger partial charge < -0.3 is 30.5 Å². The van der Waals surface area contributed by atoms with Crippen molar-refractivity contribution in [1.29, 1.82) is 0 Å². The smallest absolute Gasteiger partial charge is 0.321 e. The molecule has 12 nitrogen and oxygen atoms in total. The molecule has 2 atom stereocenters. The van der Waals surface area contributed by atoms with Crippen LogP contribution in [0.1, 0.15) is 36.2 Å². The summed E-state index contributed by atoms with van der Waals surface area (Å²) >= 11 is 1.16. The topological polar surface area (TPSA) is 168 Å². The maximum atomic E-state index is 12.9. The third-order valence-corrected chi connectivity index (χ3v) is 6.49. The van der Waals surface area contributed by atoms with Gasteiger partial charge in [-0.05, 0) is 18.6 Å². The van der Waals surface area contributed by atoms with Gasteiger partial charge in [0.05, 0.1) is 38.8 Å². The number of anilines is 1. The molecule has 1 unspecified atom stereocenters. The Morgan fingerprint density at radius 3 is 2.42 bits per heavy atom. The molecule has 0 spiro atoms. The summed E-state index contributed by atoms with van der Waals surface area (Å²) in [5, 5.41) is 22.0. The van der Waals surface area contributed by atoms with Gasteiger partial charge in [-0.1, -0.05) is 42.5 Å². The Labute approximate surface area is 235 Å². The number of rotatable bonds is 13. The van der Waals surface area contributed by atoms with Gasteiger partial charge in [-0.15, -0.1) is 11.3 Å². The number of methoxy groups -OCH3 is 2. The first-order valence-electron chi connectivity index (χ1n) is 12.3. The van der Waals surface area contributed by atoms with Crippen molar-refractivity contribution in [2.24, 2.45) is 0 Å². The van der Waals surface area contributed by atoms with Crippen LogP contribution in [0.25, 0.3) is 0 Å². The lowest BCUT2D eigenvalue weighted by Gasteiger charge is -2.23. The Morgan fingerprint density at radius 2 is 1.75 bits per heavy atom. The predicted molar refractivity (Wildman–Crippen MR) is 148 cm³/mol. The van der Waals surface area contributed by atoms with E-state index in [2.05, 4.69) is 26.3 Å². The van der Waals surface area contributed by atoms with Crippen molar-refractivity contribution in [3.05, 3.63) is 70.7 Å². The van der Waals surface area contributed by atoms with Crippen LogP contribution in [0.2, 0.25) is 0 Å². The summed E-state index contributed by atoms with van der Waals surface area (Å²) < 4.78 is 10.7. The lowest BCUT2D eigenvalue weighted by molar-refractivity contribution is -0.138. The van der Waals surface area contributed by atoms with Crippen molar-refractivity contribution in [1.82, 2.24) is 20.9 Å². The van der Waals surface area contributed by atoms with Crippen molar-refractivity contribution in [2.75, 3.05) is 19.5 Å². The molecule has 0 aliphatic heterocycles. The van der Waals surface area contributed by atoms with Gasteiger partial charge in [-0.25, -0.2) is 9.78 Å². The zero-order valence-corrected chi connectivity index (χ0v) is 23.0. The van der Waals surface area contributed by atoms with E-state index in [0.717, 1.165) is 16.9 Å². The summed E-state index contributed by atoms with van der Waals surface area (Å²) in [5.74, 6) is -1.50. The molecule has 3 rings (SSSR count). The second-order valence-electron chi connectivity index (χ2n) is 8.65. The molecule has 1 heterocycles. The zero-order valence-electron chi connectivity index (χ0n) is 22.2. The number of thiazole rings is 1. The first-order valence-corrected chi connectivity index (χ1v) is 13.1. The molecule has 0 saturated carbocycles. The predicted octanol–water partition coefficient (Wildman–Crippen LogP) is 2.86. The van der Waals surface area contributed by atoms with Gasteiger partial charge in [0.2, 0.25) is 11.8 Å². The maximum Gasteiger partial charge on any atom is 0.321 e. The van der Waals surface area contributed by atoms with E-state index in [0.29, 0.717) is 34.4 Å². The molecule has 0 bridgehead atoms.